The van der Waals surface area contributed by atoms with Crippen molar-refractivity contribution in [1.29, 1.82) is 0 Å². The maximum absolute atomic E-state index is 12.1. The number of hydrogen-bond donors (Lipinski definition) is 1. The summed E-state index contributed by atoms with van der Waals surface area (Å²) in [6.45, 7) is 0.524. The molecule has 5 nitrogen and oxygen atoms in total. The fourth-order valence-corrected chi connectivity index (χ4v) is 3.18. The van der Waals surface area contributed by atoms with Gasteiger partial charge in [0.2, 0.25) is 5.91 Å². The zero-order valence-corrected chi connectivity index (χ0v) is 15.5. The Hall–Kier alpha value is -1.79. The zero-order valence-electron chi connectivity index (χ0n) is 13.8. The molecule has 1 heterocycles. The molecule has 130 valence electrons. The molecule has 1 aliphatic carbocycles. The lowest BCUT2D eigenvalue weighted by molar-refractivity contribution is -0.120. The third-order valence-electron chi connectivity index (χ3n) is 3.85. The molecule has 7 heteroatoms. The van der Waals surface area contributed by atoms with Gasteiger partial charge in [-0.15, -0.1) is 23.7 Å². The average molecular weight is 368 g/mol. The fraction of sp³-hybridized carbons (Fsp3) is 0.412. The van der Waals surface area contributed by atoms with Gasteiger partial charge < -0.3 is 14.6 Å². The fourth-order valence-electron chi connectivity index (χ4n) is 2.21. The second-order valence-corrected chi connectivity index (χ2v) is 6.57. The van der Waals surface area contributed by atoms with Gasteiger partial charge in [-0.3, -0.25) is 9.79 Å². The Morgan fingerprint density at radius 3 is 2.71 bits per heavy atom. The largest absolute Gasteiger partial charge is 0.497 e. The van der Waals surface area contributed by atoms with Crippen molar-refractivity contribution < 1.29 is 9.53 Å². The molecule has 1 N–H and O–H groups in total. The molecule has 1 aromatic heterocycles. The van der Waals surface area contributed by atoms with Gasteiger partial charge >= 0.3 is 0 Å². The van der Waals surface area contributed by atoms with Crippen molar-refractivity contribution in [2.24, 2.45) is 12.0 Å². The van der Waals surface area contributed by atoms with Crippen LogP contribution in [0.4, 0.5) is 0 Å². The minimum Gasteiger partial charge on any atom is -0.497 e. The summed E-state index contributed by atoms with van der Waals surface area (Å²) in [4.78, 5) is 17.8. The van der Waals surface area contributed by atoms with E-state index >= 15 is 0 Å². The number of benzene rings is 1. The van der Waals surface area contributed by atoms with Crippen molar-refractivity contribution in [1.82, 2.24) is 9.88 Å². The van der Waals surface area contributed by atoms with E-state index < -0.39 is 0 Å². The van der Waals surface area contributed by atoms with Crippen LogP contribution in [0, 0.1) is 0 Å². The van der Waals surface area contributed by atoms with E-state index in [-0.39, 0.29) is 18.3 Å². The molecule has 2 aromatic rings. The summed E-state index contributed by atoms with van der Waals surface area (Å²) in [6, 6.07) is 8.20. The molecule has 0 saturated heterocycles. The minimum absolute atomic E-state index is 0. The SMILES string of the molecule is COc1ccc(CNC(=O)Cc2csc(=NC3CC3)n2C)cc1.Cl. The monoisotopic (exact) mass is 367 g/mol. The van der Waals surface area contributed by atoms with Gasteiger partial charge in [-0.05, 0) is 30.5 Å². The molecular formula is C17H22ClN3O2S. The van der Waals surface area contributed by atoms with Crippen molar-refractivity contribution in [3.63, 3.8) is 0 Å². The van der Waals surface area contributed by atoms with Gasteiger partial charge in [0.25, 0.3) is 0 Å². The first kappa shape index (κ1) is 18.5. The van der Waals surface area contributed by atoms with Crippen LogP contribution in [0.3, 0.4) is 0 Å². The van der Waals surface area contributed by atoms with E-state index in [0.29, 0.717) is 19.0 Å². The van der Waals surface area contributed by atoms with E-state index in [9.17, 15) is 4.79 Å². The van der Waals surface area contributed by atoms with E-state index in [4.69, 9.17) is 4.74 Å². The molecule has 1 aliphatic rings. The molecule has 1 fully saturated rings. The van der Waals surface area contributed by atoms with E-state index in [0.717, 1.165) is 21.8 Å². The number of halogens is 1. The summed E-state index contributed by atoms with van der Waals surface area (Å²) < 4.78 is 7.15. The van der Waals surface area contributed by atoms with Crippen molar-refractivity contribution in [2.45, 2.75) is 31.8 Å². The maximum Gasteiger partial charge on any atom is 0.226 e. The van der Waals surface area contributed by atoms with Crippen LogP contribution in [-0.4, -0.2) is 23.6 Å². The molecule has 24 heavy (non-hydrogen) atoms. The summed E-state index contributed by atoms with van der Waals surface area (Å²) in [5, 5.41) is 4.98. The molecule has 1 aromatic carbocycles. The highest BCUT2D eigenvalue weighted by Crippen LogP contribution is 2.22. The summed E-state index contributed by atoms with van der Waals surface area (Å²) in [5.41, 5.74) is 2.06. The molecule has 3 rings (SSSR count). The summed E-state index contributed by atoms with van der Waals surface area (Å²) in [7, 11) is 3.62. The van der Waals surface area contributed by atoms with Gasteiger partial charge in [-0.2, -0.15) is 0 Å². The Morgan fingerprint density at radius 2 is 2.08 bits per heavy atom. The molecule has 1 amide bonds. The van der Waals surface area contributed by atoms with Crippen molar-refractivity contribution in [3.05, 3.63) is 45.7 Å². The first-order valence-corrected chi connectivity index (χ1v) is 8.60. The molecule has 0 bridgehead atoms. The van der Waals surface area contributed by atoms with Gasteiger partial charge in [0, 0.05) is 24.7 Å². The van der Waals surface area contributed by atoms with Crippen LogP contribution in [0.25, 0.3) is 0 Å². The van der Waals surface area contributed by atoms with Crippen LogP contribution >= 0.6 is 23.7 Å². The normalized spacial score (nSPS) is 14.2. The van der Waals surface area contributed by atoms with Crippen molar-refractivity contribution in [2.75, 3.05) is 7.11 Å². The number of thiazole rings is 1. The van der Waals surface area contributed by atoms with Crippen LogP contribution in [0.5, 0.6) is 5.75 Å². The maximum atomic E-state index is 12.1. The molecule has 0 spiro atoms. The van der Waals surface area contributed by atoms with Crippen LogP contribution in [0.1, 0.15) is 24.1 Å². The number of rotatable bonds is 6. The Balaban J connectivity index is 0.00000208. The quantitative estimate of drug-likeness (QED) is 0.852. The first-order valence-electron chi connectivity index (χ1n) is 7.72. The lowest BCUT2D eigenvalue weighted by Crippen LogP contribution is -2.26. The van der Waals surface area contributed by atoms with E-state index in [1.165, 1.54) is 12.8 Å². The highest BCUT2D eigenvalue weighted by Gasteiger charge is 2.20. The highest BCUT2D eigenvalue weighted by molar-refractivity contribution is 7.07. The zero-order chi connectivity index (χ0) is 16.2. The second kappa shape index (κ2) is 8.35. The second-order valence-electron chi connectivity index (χ2n) is 5.73. The number of ether oxygens (including phenoxy) is 1. The van der Waals surface area contributed by atoms with Crippen LogP contribution in [0.2, 0.25) is 0 Å². The highest BCUT2D eigenvalue weighted by atomic mass is 35.5. The summed E-state index contributed by atoms with van der Waals surface area (Å²) >= 11 is 1.61. The number of carbonyl (C=O) groups excluding carboxylic acids is 1. The number of nitrogens with zero attached hydrogens (tertiary/aromatic N) is 2. The number of nitrogens with one attached hydrogen (secondary N) is 1. The van der Waals surface area contributed by atoms with E-state index in [1.54, 1.807) is 18.4 Å². The predicted octanol–water partition coefficient (Wildman–Crippen LogP) is 2.44. The number of carbonyl (C=O) groups is 1. The number of aromatic nitrogens is 1. The Kier molecular flexibility index (Phi) is 6.45. The number of amides is 1. The van der Waals surface area contributed by atoms with Crippen LogP contribution in [0.15, 0.2) is 34.6 Å². The standard InChI is InChI=1S/C17H21N3O2S.ClH/c1-20-14(11-23-17(20)19-13-5-6-13)9-16(21)18-10-12-3-7-15(22-2)8-4-12;/h3-4,7-8,11,13H,5-6,9-10H2,1-2H3,(H,18,21);1H. The summed E-state index contributed by atoms with van der Waals surface area (Å²) in [5.74, 6) is 0.838. The van der Waals surface area contributed by atoms with Crippen molar-refractivity contribution in [3.8, 4) is 5.75 Å². The van der Waals surface area contributed by atoms with Gasteiger partial charge in [0.05, 0.1) is 19.6 Å². The van der Waals surface area contributed by atoms with Crippen molar-refractivity contribution >= 4 is 29.7 Å². The van der Waals surface area contributed by atoms with E-state index in [1.807, 2.05) is 41.3 Å². The van der Waals surface area contributed by atoms with Gasteiger partial charge in [-0.1, -0.05) is 12.1 Å². The van der Waals surface area contributed by atoms with Crippen LogP contribution < -0.4 is 14.9 Å². The molecule has 0 unspecified atom stereocenters. The third kappa shape index (κ3) is 4.85. The Bertz CT molecular complexity index is 748. The average Bonchev–Trinajstić information content (AvgIpc) is 3.33. The lowest BCUT2D eigenvalue weighted by atomic mass is 10.2. The molecule has 1 saturated carbocycles. The smallest absolute Gasteiger partial charge is 0.226 e. The van der Waals surface area contributed by atoms with Gasteiger partial charge in [-0.25, -0.2) is 0 Å². The van der Waals surface area contributed by atoms with Gasteiger partial charge in [0.15, 0.2) is 4.80 Å². The Labute approximate surface area is 151 Å². The minimum atomic E-state index is 0. The van der Waals surface area contributed by atoms with Crippen LogP contribution in [-0.2, 0) is 24.8 Å². The molecule has 0 atom stereocenters. The predicted molar refractivity (Wildman–Crippen MR) is 97.7 cm³/mol. The molecule has 0 aliphatic heterocycles. The number of hydrogen-bond acceptors (Lipinski definition) is 4. The van der Waals surface area contributed by atoms with E-state index in [2.05, 4.69) is 10.3 Å². The third-order valence-corrected chi connectivity index (χ3v) is 4.83. The molecule has 0 radical (unpaired) electrons. The Morgan fingerprint density at radius 1 is 1.38 bits per heavy atom. The lowest BCUT2D eigenvalue weighted by Gasteiger charge is -2.07. The topological polar surface area (TPSA) is 55.6 Å². The number of methoxy groups -OCH3 is 1. The molecular weight excluding hydrogens is 346 g/mol. The first-order chi connectivity index (χ1) is 11.2. The van der Waals surface area contributed by atoms with Gasteiger partial charge in [0.1, 0.15) is 5.75 Å². The summed E-state index contributed by atoms with van der Waals surface area (Å²) in [6.07, 6.45) is 2.76.